The van der Waals surface area contributed by atoms with E-state index in [-0.39, 0.29) is 12.5 Å². The lowest BCUT2D eigenvalue weighted by Crippen LogP contribution is -2.53. The predicted octanol–water partition coefficient (Wildman–Crippen LogP) is 1.00. The fourth-order valence-electron chi connectivity index (χ4n) is 2.03. The van der Waals surface area contributed by atoms with Crippen LogP contribution in [0.25, 0.3) is 0 Å². The number of anilines is 1. The fourth-order valence-corrected chi connectivity index (χ4v) is 2.03. The Kier molecular flexibility index (Phi) is 7.87. The summed E-state index contributed by atoms with van der Waals surface area (Å²) in [6.45, 7) is 5.01. The third-order valence-electron chi connectivity index (χ3n) is 3.56. The SMILES string of the molecule is COC(=O)N[C@H](C(=O)N[C@@H](C)C(=O)Nc1ccc(CO)cc1)C(C)C. The summed E-state index contributed by atoms with van der Waals surface area (Å²) in [5, 5.41) is 16.7. The Hall–Kier alpha value is -2.61. The zero-order chi connectivity index (χ0) is 19.0. The van der Waals surface area contributed by atoms with Crippen molar-refractivity contribution in [3.05, 3.63) is 29.8 Å². The molecule has 1 rings (SSSR count). The molecule has 8 heteroatoms. The van der Waals surface area contributed by atoms with E-state index in [4.69, 9.17) is 5.11 Å². The summed E-state index contributed by atoms with van der Waals surface area (Å²) < 4.78 is 4.50. The van der Waals surface area contributed by atoms with Crippen LogP contribution in [-0.4, -0.2) is 42.2 Å². The molecule has 25 heavy (non-hydrogen) atoms. The average molecular weight is 351 g/mol. The quantitative estimate of drug-likeness (QED) is 0.585. The number of hydrogen-bond donors (Lipinski definition) is 4. The highest BCUT2D eigenvalue weighted by Crippen LogP contribution is 2.10. The fraction of sp³-hybridized carbons (Fsp3) is 0.471. The third kappa shape index (κ3) is 6.42. The van der Waals surface area contributed by atoms with Gasteiger partial charge in [0.25, 0.3) is 0 Å². The molecule has 0 aromatic heterocycles. The van der Waals surface area contributed by atoms with Gasteiger partial charge >= 0.3 is 6.09 Å². The zero-order valence-corrected chi connectivity index (χ0v) is 14.8. The standard InChI is InChI=1S/C17H25N3O5/c1-10(2)14(20-17(24)25-4)16(23)18-11(3)15(22)19-13-7-5-12(9-21)6-8-13/h5-8,10-11,14,21H,9H2,1-4H3,(H,18,23)(H,19,22)(H,20,24)/t11-,14-/m0/s1. The number of aliphatic hydroxyl groups is 1. The smallest absolute Gasteiger partial charge is 0.407 e. The van der Waals surface area contributed by atoms with E-state index in [9.17, 15) is 14.4 Å². The van der Waals surface area contributed by atoms with Crippen LogP contribution in [0.4, 0.5) is 10.5 Å². The summed E-state index contributed by atoms with van der Waals surface area (Å²) in [5.74, 6) is -1.05. The molecule has 0 bridgehead atoms. The van der Waals surface area contributed by atoms with Crippen LogP contribution in [0.5, 0.6) is 0 Å². The first-order valence-electron chi connectivity index (χ1n) is 7.94. The molecule has 0 fully saturated rings. The number of carbonyl (C=O) groups is 3. The lowest BCUT2D eigenvalue weighted by atomic mass is 10.0. The van der Waals surface area contributed by atoms with Gasteiger partial charge in [0, 0.05) is 5.69 Å². The molecule has 0 saturated carbocycles. The number of amides is 3. The topological polar surface area (TPSA) is 117 Å². The highest BCUT2D eigenvalue weighted by atomic mass is 16.5. The first-order chi connectivity index (χ1) is 11.8. The number of aliphatic hydroxyl groups excluding tert-OH is 1. The van der Waals surface area contributed by atoms with E-state index in [1.807, 2.05) is 0 Å². The van der Waals surface area contributed by atoms with Gasteiger partial charge in [-0.05, 0) is 30.5 Å². The molecule has 0 aliphatic rings. The Morgan fingerprint density at radius 2 is 1.64 bits per heavy atom. The van der Waals surface area contributed by atoms with E-state index < -0.39 is 30.0 Å². The summed E-state index contributed by atoms with van der Waals surface area (Å²) in [5.41, 5.74) is 1.28. The van der Waals surface area contributed by atoms with Crippen LogP contribution in [0.2, 0.25) is 0 Å². The summed E-state index contributed by atoms with van der Waals surface area (Å²) in [6.07, 6.45) is -0.713. The van der Waals surface area contributed by atoms with E-state index >= 15 is 0 Å². The summed E-state index contributed by atoms with van der Waals surface area (Å²) in [6, 6.07) is 5.08. The van der Waals surface area contributed by atoms with Crippen molar-refractivity contribution in [2.24, 2.45) is 5.92 Å². The van der Waals surface area contributed by atoms with Gasteiger partial charge in [0.05, 0.1) is 13.7 Å². The molecule has 3 amide bonds. The van der Waals surface area contributed by atoms with Crippen LogP contribution < -0.4 is 16.0 Å². The number of methoxy groups -OCH3 is 1. The van der Waals surface area contributed by atoms with E-state index in [2.05, 4.69) is 20.7 Å². The van der Waals surface area contributed by atoms with E-state index in [1.54, 1.807) is 45.0 Å². The molecular weight excluding hydrogens is 326 g/mol. The van der Waals surface area contributed by atoms with Crippen LogP contribution in [0, 0.1) is 5.92 Å². The molecule has 8 nitrogen and oxygen atoms in total. The second-order valence-corrected chi connectivity index (χ2v) is 5.93. The minimum absolute atomic E-state index is 0.0789. The Balaban J connectivity index is 2.64. The molecule has 0 spiro atoms. The second-order valence-electron chi connectivity index (χ2n) is 5.93. The molecule has 0 saturated heterocycles. The lowest BCUT2D eigenvalue weighted by molar-refractivity contribution is -0.128. The number of nitrogens with one attached hydrogen (secondary N) is 3. The van der Waals surface area contributed by atoms with Crippen LogP contribution in [0.3, 0.4) is 0 Å². The summed E-state index contributed by atoms with van der Waals surface area (Å²) in [7, 11) is 1.21. The van der Waals surface area contributed by atoms with Gasteiger partial charge in [0.2, 0.25) is 11.8 Å². The molecule has 1 aromatic carbocycles. The third-order valence-corrected chi connectivity index (χ3v) is 3.56. The molecule has 138 valence electrons. The minimum Gasteiger partial charge on any atom is -0.453 e. The van der Waals surface area contributed by atoms with Gasteiger partial charge in [-0.3, -0.25) is 9.59 Å². The Bertz CT molecular complexity index is 601. The average Bonchev–Trinajstić information content (AvgIpc) is 2.59. The van der Waals surface area contributed by atoms with Crippen molar-refractivity contribution in [2.45, 2.75) is 39.5 Å². The van der Waals surface area contributed by atoms with Crippen molar-refractivity contribution < 1.29 is 24.2 Å². The van der Waals surface area contributed by atoms with Crippen LogP contribution in [0.15, 0.2) is 24.3 Å². The molecule has 0 aliphatic heterocycles. The largest absolute Gasteiger partial charge is 0.453 e. The van der Waals surface area contributed by atoms with Crippen molar-refractivity contribution in [2.75, 3.05) is 12.4 Å². The molecule has 0 radical (unpaired) electrons. The molecule has 2 atom stereocenters. The maximum absolute atomic E-state index is 12.3. The monoisotopic (exact) mass is 351 g/mol. The Morgan fingerprint density at radius 1 is 1.04 bits per heavy atom. The lowest BCUT2D eigenvalue weighted by Gasteiger charge is -2.23. The highest BCUT2D eigenvalue weighted by Gasteiger charge is 2.27. The summed E-state index contributed by atoms with van der Waals surface area (Å²) >= 11 is 0. The van der Waals surface area contributed by atoms with Gasteiger partial charge in [0.1, 0.15) is 12.1 Å². The van der Waals surface area contributed by atoms with Gasteiger partial charge in [-0.25, -0.2) is 4.79 Å². The van der Waals surface area contributed by atoms with Crippen LogP contribution in [-0.2, 0) is 20.9 Å². The van der Waals surface area contributed by atoms with Crippen molar-refractivity contribution in [1.29, 1.82) is 0 Å². The van der Waals surface area contributed by atoms with E-state index in [0.717, 1.165) is 5.56 Å². The van der Waals surface area contributed by atoms with Gasteiger partial charge in [-0.1, -0.05) is 26.0 Å². The number of alkyl carbamates (subject to hydrolysis) is 1. The maximum Gasteiger partial charge on any atom is 0.407 e. The first kappa shape index (κ1) is 20.4. The zero-order valence-electron chi connectivity index (χ0n) is 14.8. The normalized spacial score (nSPS) is 12.9. The van der Waals surface area contributed by atoms with E-state index in [0.29, 0.717) is 5.69 Å². The molecule has 1 aromatic rings. The summed E-state index contributed by atoms with van der Waals surface area (Å²) in [4.78, 5) is 35.8. The van der Waals surface area contributed by atoms with Crippen molar-refractivity contribution in [3.63, 3.8) is 0 Å². The van der Waals surface area contributed by atoms with Gasteiger partial charge < -0.3 is 25.8 Å². The van der Waals surface area contributed by atoms with Crippen molar-refractivity contribution in [3.8, 4) is 0 Å². The molecule has 4 N–H and O–H groups in total. The molecule has 0 heterocycles. The van der Waals surface area contributed by atoms with Gasteiger partial charge in [0.15, 0.2) is 0 Å². The highest BCUT2D eigenvalue weighted by molar-refractivity contribution is 5.98. The van der Waals surface area contributed by atoms with Gasteiger partial charge in [-0.2, -0.15) is 0 Å². The van der Waals surface area contributed by atoms with Crippen molar-refractivity contribution >= 4 is 23.6 Å². The Labute approximate surface area is 146 Å². The number of carbonyl (C=O) groups excluding carboxylic acids is 3. The van der Waals surface area contributed by atoms with E-state index in [1.165, 1.54) is 7.11 Å². The molecular formula is C17H25N3O5. The number of rotatable bonds is 7. The van der Waals surface area contributed by atoms with Gasteiger partial charge in [-0.15, -0.1) is 0 Å². The molecule has 0 unspecified atom stereocenters. The molecule has 0 aliphatic carbocycles. The Morgan fingerprint density at radius 3 is 2.12 bits per heavy atom. The first-order valence-corrected chi connectivity index (χ1v) is 7.94. The predicted molar refractivity (Wildman–Crippen MR) is 92.8 cm³/mol. The van der Waals surface area contributed by atoms with Crippen LogP contribution >= 0.6 is 0 Å². The maximum atomic E-state index is 12.3. The second kappa shape index (κ2) is 9.63. The number of benzene rings is 1. The van der Waals surface area contributed by atoms with Crippen molar-refractivity contribution in [1.82, 2.24) is 10.6 Å². The minimum atomic E-state index is -0.813. The number of hydrogen-bond acceptors (Lipinski definition) is 5. The number of ether oxygens (including phenoxy) is 1. The van der Waals surface area contributed by atoms with Crippen LogP contribution in [0.1, 0.15) is 26.3 Å².